The number of ether oxygens (including phenoxy) is 3. The fourth-order valence-corrected chi connectivity index (χ4v) is 5.96. The minimum absolute atomic E-state index is 0.0688. The largest absolute Gasteiger partial charge is 0.462 e. The van der Waals surface area contributed by atoms with Gasteiger partial charge in [-0.3, -0.25) is 14.4 Å². The number of esters is 3. The van der Waals surface area contributed by atoms with Crippen LogP contribution in [0.5, 0.6) is 0 Å². The van der Waals surface area contributed by atoms with E-state index >= 15 is 0 Å². The van der Waals surface area contributed by atoms with E-state index in [1.54, 1.807) is 0 Å². The van der Waals surface area contributed by atoms with Crippen molar-refractivity contribution in [2.24, 2.45) is 17.8 Å². The van der Waals surface area contributed by atoms with Crippen LogP contribution in [-0.2, 0) is 28.6 Å². The van der Waals surface area contributed by atoms with E-state index in [0.717, 1.165) is 75.5 Å². The zero-order valence-corrected chi connectivity index (χ0v) is 32.8. The Bertz CT molecular complexity index is 748. The van der Waals surface area contributed by atoms with Crippen LogP contribution in [0.1, 0.15) is 215 Å². The third-order valence-electron chi connectivity index (χ3n) is 9.51. The lowest BCUT2D eigenvalue weighted by molar-refractivity contribution is -0.167. The lowest BCUT2D eigenvalue weighted by Gasteiger charge is -2.18. The molecule has 0 heterocycles. The Kier molecular flexibility index (Phi) is 32.8. The van der Waals surface area contributed by atoms with Gasteiger partial charge in [0.15, 0.2) is 6.10 Å². The summed E-state index contributed by atoms with van der Waals surface area (Å²) in [7, 11) is 0. The summed E-state index contributed by atoms with van der Waals surface area (Å²) in [6.45, 7) is 13.5. The quantitative estimate of drug-likeness (QED) is 0.0376. The first-order valence-electron chi connectivity index (χ1n) is 20.6. The Balaban J connectivity index is 4.38. The highest BCUT2D eigenvalue weighted by Gasteiger charge is 2.19. The average molecular weight is 681 g/mol. The van der Waals surface area contributed by atoms with Crippen molar-refractivity contribution in [3.05, 3.63) is 0 Å². The van der Waals surface area contributed by atoms with Gasteiger partial charge in [-0.25, -0.2) is 0 Å². The molecule has 0 bridgehead atoms. The Morgan fingerprint density at radius 3 is 1.08 bits per heavy atom. The van der Waals surface area contributed by atoms with Gasteiger partial charge in [-0.2, -0.15) is 0 Å². The maximum atomic E-state index is 12.6. The minimum Gasteiger partial charge on any atom is -0.462 e. The molecule has 0 spiro atoms. The van der Waals surface area contributed by atoms with Crippen molar-refractivity contribution >= 4 is 17.9 Å². The molecule has 0 aliphatic carbocycles. The lowest BCUT2D eigenvalue weighted by atomic mass is 10.00. The molecule has 6 nitrogen and oxygen atoms in total. The van der Waals surface area contributed by atoms with E-state index in [-0.39, 0.29) is 31.1 Å². The Morgan fingerprint density at radius 1 is 0.417 bits per heavy atom. The van der Waals surface area contributed by atoms with E-state index in [0.29, 0.717) is 19.3 Å². The van der Waals surface area contributed by atoms with Gasteiger partial charge in [0.1, 0.15) is 13.2 Å². The van der Waals surface area contributed by atoms with Crippen molar-refractivity contribution in [1.82, 2.24) is 0 Å². The normalized spacial score (nSPS) is 12.8. The van der Waals surface area contributed by atoms with Crippen molar-refractivity contribution in [1.29, 1.82) is 0 Å². The van der Waals surface area contributed by atoms with E-state index in [1.807, 2.05) is 0 Å². The maximum absolute atomic E-state index is 12.6. The standard InChI is InChI=1S/C42H80O6/c1-7-38(6)30-24-18-13-15-20-26-32-41(44)47-35-39(34-46-40(43)31-25-19-14-12-17-23-29-37(4)5)48-42(45)33-27-21-11-9-8-10-16-22-28-36(2)3/h36-39H,7-35H2,1-6H3/t38?,39-/m0/s1. The second kappa shape index (κ2) is 33.9. The molecule has 0 aliphatic rings. The van der Waals surface area contributed by atoms with Crippen LogP contribution in [0.4, 0.5) is 0 Å². The van der Waals surface area contributed by atoms with Crippen molar-refractivity contribution in [3.63, 3.8) is 0 Å². The van der Waals surface area contributed by atoms with Crippen LogP contribution in [-0.4, -0.2) is 37.2 Å². The summed E-state index contributed by atoms with van der Waals surface area (Å²) in [5, 5.41) is 0. The highest BCUT2D eigenvalue weighted by Crippen LogP contribution is 2.16. The molecule has 48 heavy (non-hydrogen) atoms. The molecule has 1 unspecified atom stereocenters. The van der Waals surface area contributed by atoms with E-state index < -0.39 is 6.10 Å². The molecule has 0 radical (unpaired) electrons. The highest BCUT2D eigenvalue weighted by molar-refractivity contribution is 5.71. The summed E-state index contributed by atoms with van der Waals surface area (Å²) in [5.41, 5.74) is 0. The Hall–Kier alpha value is -1.59. The molecule has 0 rings (SSSR count). The monoisotopic (exact) mass is 681 g/mol. The fourth-order valence-electron chi connectivity index (χ4n) is 5.96. The summed E-state index contributed by atoms with van der Waals surface area (Å²) in [5.74, 6) is 1.49. The molecule has 0 aliphatic heterocycles. The van der Waals surface area contributed by atoms with Crippen LogP contribution in [0, 0.1) is 17.8 Å². The first kappa shape index (κ1) is 46.4. The van der Waals surface area contributed by atoms with Gasteiger partial charge >= 0.3 is 17.9 Å². The molecule has 0 N–H and O–H groups in total. The predicted octanol–water partition coefficient (Wildman–Crippen LogP) is 12.5. The summed E-state index contributed by atoms with van der Waals surface area (Å²) >= 11 is 0. The van der Waals surface area contributed by atoms with Crippen LogP contribution in [0.2, 0.25) is 0 Å². The molecule has 0 aromatic heterocycles. The highest BCUT2D eigenvalue weighted by atomic mass is 16.6. The molecule has 0 aromatic carbocycles. The molecule has 0 fully saturated rings. The molecule has 284 valence electrons. The van der Waals surface area contributed by atoms with Gasteiger partial charge in [-0.15, -0.1) is 0 Å². The van der Waals surface area contributed by atoms with Crippen LogP contribution in [0.15, 0.2) is 0 Å². The van der Waals surface area contributed by atoms with E-state index in [2.05, 4.69) is 41.5 Å². The number of unbranched alkanes of at least 4 members (excludes halogenated alkanes) is 17. The van der Waals surface area contributed by atoms with Crippen LogP contribution in [0.25, 0.3) is 0 Å². The van der Waals surface area contributed by atoms with E-state index in [9.17, 15) is 14.4 Å². The van der Waals surface area contributed by atoms with Crippen LogP contribution < -0.4 is 0 Å². The number of hydrogen-bond donors (Lipinski definition) is 0. The maximum Gasteiger partial charge on any atom is 0.306 e. The predicted molar refractivity (Wildman–Crippen MR) is 201 cm³/mol. The lowest BCUT2D eigenvalue weighted by Crippen LogP contribution is -2.30. The van der Waals surface area contributed by atoms with Crippen molar-refractivity contribution in [3.8, 4) is 0 Å². The Morgan fingerprint density at radius 2 is 0.729 bits per heavy atom. The SMILES string of the molecule is CCC(C)CCCCCCCCC(=O)OC[C@H](COC(=O)CCCCCCCCC(C)C)OC(=O)CCCCCCCCCCC(C)C. The van der Waals surface area contributed by atoms with Gasteiger partial charge in [0.2, 0.25) is 0 Å². The van der Waals surface area contributed by atoms with Crippen LogP contribution in [0.3, 0.4) is 0 Å². The van der Waals surface area contributed by atoms with Crippen LogP contribution >= 0.6 is 0 Å². The molecule has 0 amide bonds. The second-order valence-electron chi connectivity index (χ2n) is 15.5. The molecule has 6 heteroatoms. The summed E-state index contributed by atoms with van der Waals surface area (Å²) in [6, 6.07) is 0. The summed E-state index contributed by atoms with van der Waals surface area (Å²) < 4.78 is 16.6. The Labute approximate surface area is 298 Å². The number of hydrogen-bond acceptors (Lipinski definition) is 6. The zero-order chi connectivity index (χ0) is 35.7. The second-order valence-corrected chi connectivity index (χ2v) is 15.5. The summed E-state index contributed by atoms with van der Waals surface area (Å²) in [4.78, 5) is 37.5. The molecule has 0 saturated heterocycles. The minimum atomic E-state index is -0.761. The topological polar surface area (TPSA) is 78.9 Å². The molecule has 2 atom stereocenters. The van der Waals surface area contributed by atoms with Crippen molar-refractivity contribution in [2.75, 3.05) is 13.2 Å². The van der Waals surface area contributed by atoms with Gasteiger partial charge in [0.25, 0.3) is 0 Å². The van der Waals surface area contributed by atoms with E-state index in [1.165, 1.54) is 96.3 Å². The first-order valence-corrected chi connectivity index (χ1v) is 20.6. The number of rotatable bonds is 35. The average Bonchev–Trinajstić information content (AvgIpc) is 3.05. The number of carbonyl (C=O) groups excluding carboxylic acids is 3. The third kappa shape index (κ3) is 34.3. The van der Waals surface area contributed by atoms with Crippen molar-refractivity contribution in [2.45, 2.75) is 221 Å². The summed E-state index contributed by atoms with van der Waals surface area (Å²) in [6.07, 6.45) is 28.2. The van der Waals surface area contributed by atoms with Gasteiger partial charge in [-0.05, 0) is 37.0 Å². The first-order chi connectivity index (χ1) is 23.1. The van der Waals surface area contributed by atoms with Gasteiger partial charge in [-0.1, -0.05) is 176 Å². The van der Waals surface area contributed by atoms with Gasteiger partial charge in [0.05, 0.1) is 0 Å². The third-order valence-corrected chi connectivity index (χ3v) is 9.51. The smallest absolute Gasteiger partial charge is 0.306 e. The van der Waals surface area contributed by atoms with E-state index in [4.69, 9.17) is 14.2 Å². The molecule has 0 aromatic rings. The van der Waals surface area contributed by atoms with Gasteiger partial charge in [0, 0.05) is 19.3 Å². The van der Waals surface area contributed by atoms with Crippen molar-refractivity contribution < 1.29 is 28.6 Å². The zero-order valence-electron chi connectivity index (χ0n) is 32.8. The molecular formula is C42H80O6. The molecule has 0 saturated carbocycles. The number of carbonyl (C=O) groups is 3. The fraction of sp³-hybridized carbons (Fsp3) is 0.929. The molecular weight excluding hydrogens is 600 g/mol. The van der Waals surface area contributed by atoms with Gasteiger partial charge < -0.3 is 14.2 Å².